The van der Waals surface area contributed by atoms with Crippen LogP contribution in [0.2, 0.25) is 0 Å². The van der Waals surface area contributed by atoms with E-state index in [4.69, 9.17) is 0 Å². The number of halogens is 2. The molecule has 0 aromatic heterocycles. The van der Waals surface area contributed by atoms with Crippen LogP contribution in [0.15, 0.2) is 0 Å². The minimum atomic E-state index is -2.54. The molecule has 1 aliphatic carbocycles. The lowest BCUT2D eigenvalue weighted by Gasteiger charge is -2.42. The van der Waals surface area contributed by atoms with Crippen LogP contribution in [0.3, 0.4) is 0 Å². The van der Waals surface area contributed by atoms with Gasteiger partial charge in [0.1, 0.15) is 0 Å². The van der Waals surface area contributed by atoms with Crippen molar-refractivity contribution in [3.63, 3.8) is 0 Å². The number of carbonyl (C=O) groups excluding carboxylic acids is 1. The van der Waals surface area contributed by atoms with Crippen molar-refractivity contribution in [2.75, 3.05) is 33.2 Å². The molecule has 2 rings (SSSR count). The molecule has 1 saturated heterocycles. The van der Waals surface area contributed by atoms with E-state index in [0.29, 0.717) is 31.3 Å². The lowest BCUT2D eigenvalue weighted by molar-refractivity contribution is -0.125. The Morgan fingerprint density at radius 1 is 1.27 bits per heavy atom. The molecule has 0 unspecified atom stereocenters. The molecule has 1 N–H and O–H groups in total. The van der Waals surface area contributed by atoms with Gasteiger partial charge in [-0.15, -0.1) is 0 Å². The Bertz CT molecular complexity index is 380. The van der Waals surface area contributed by atoms with Gasteiger partial charge in [-0.25, -0.2) is 8.78 Å². The highest BCUT2D eigenvalue weighted by Gasteiger charge is 2.36. The fourth-order valence-corrected chi connectivity index (χ4v) is 3.46. The van der Waals surface area contributed by atoms with E-state index < -0.39 is 5.92 Å². The number of hydrogen-bond acceptors (Lipinski definition) is 3. The van der Waals surface area contributed by atoms with E-state index in [2.05, 4.69) is 36.0 Å². The van der Waals surface area contributed by atoms with Crippen molar-refractivity contribution in [1.29, 1.82) is 0 Å². The number of rotatable bonds is 4. The maximum atomic E-state index is 13.1. The van der Waals surface area contributed by atoms with E-state index in [1.54, 1.807) is 0 Å². The summed E-state index contributed by atoms with van der Waals surface area (Å²) < 4.78 is 26.3. The van der Waals surface area contributed by atoms with Gasteiger partial charge >= 0.3 is 0 Å². The van der Waals surface area contributed by atoms with Crippen LogP contribution in [-0.4, -0.2) is 66.9 Å². The van der Waals surface area contributed by atoms with Crippen LogP contribution < -0.4 is 5.32 Å². The minimum absolute atomic E-state index is 0.0228. The van der Waals surface area contributed by atoms with Crippen molar-refractivity contribution in [3.8, 4) is 0 Å². The summed E-state index contributed by atoms with van der Waals surface area (Å²) in [5, 5.41) is 2.95. The summed E-state index contributed by atoms with van der Waals surface area (Å²) >= 11 is 0. The van der Waals surface area contributed by atoms with E-state index in [1.807, 2.05) is 0 Å². The van der Waals surface area contributed by atoms with Gasteiger partial charge in [-0.05, 0) is 25.8 Å². The topological polar surface area (TPSA) is 35.6 Å². The van der Waals surface area contributed by atoms with E-state index in [9.17, 15) is 13.6 Å². The van der Waals surface area contributed by atoms with Gasteiger partial charge < -0.3 is 10.2 Å². The van der Waals surface area contributed by atoms with Crippen molar-refractivity contribution in [3.05, 3.63) is 0 Å². The molecule has 128 valence electrons. The predicted octanol–water partition coefficient (Wildman–Crippen LogP) is 1.95. The average molecular weight is 317 g/mol. The van der Waals surface area contributed by atoms with E-state index >= 15 is 0 Å². The van der Waals surface area contributed by atoms with E-state index in [1.165, 1.54) is 0 Å². The lowest BCUT2D eigenvalue weighted by atomic mass is 9.92. The zero-order valence-corrected chi connectivity index (χ0v) is 13.9. The Kier molecular flexibility index (Phi) is 5.77. The molecule has 2 fully saturated rings. The standard InChI is InChI=1S/C16H29F2N3O/c1-12(2)14-10-20(3)8-9-21(14)11-15(22)19-13-4-6-16(17,18)7-5-13/h12-14H,4-11H2,1-3H3,(H,19,22)/t14-/m1/s1. The van der Waals surface area contributed by atoms with Crippen LogP contribution in [0.25, 0.3) is 0 Å². The van der Waals surface area contributed by atoms with Gasteiger partial charge in [-0.3, -0.25) is 9.69 Å². The van der Waals surface area contributed by atoms with Crippen molar-refractivity contribution in [1.82, 2.24) is 15.1 Å². The van der Waals surface area contributed by atoms with Crippen LogP contribution in [-0.2, 0) is 4.79 Å². The van der Waals surface area contributed by atoms with Gasteiger partial charge in [0.05, 0.1) is 6.54 Å². The Hall–Kier alpha value is -0.750. The number of hydrogen-bond donors (Lipinski definition) is 1. The summed E-state index contributed by atoms with van der Waals surface area (Å²) in [6.07, 6.45) is 0.548. The molecule has 0 aromatic carbocycles. The normalized spacial score (nSPS) is 28.0. The summed E-state index contributed by atoms with van der Waals surface area (Å²) in [6, 6.07) is 0.289. The number of carbonyl (C=O) groups is 1. The number of alkyl halides is 2. The van der Waals surface area contributed by atoms with Gasteiger partial charge in [-0.1, -0.05) is 13.8 Å². The first-order valence-corrected chi connectivity index (χ1v) is 8.36. The molecule has 6 heteroatoms. The summed E-state index contributed by atoms with van der Waals surface area (Å²) in [4.78, 5) is 16.8. The van der Waals surface area contributed by atoms with Crippen LogP contribution in [0.4, 0.5) is 8.78 Å². The predicted molar refractivity (Wildman–Crippen MR) is 83.0 cm³/mol. The molecule has 1 amide bonds. The Morgan fingerprint density at radius 3 is 2.50 bits per heavy atom. The van der Waals surface area contributed by atoms with Crippen molar-refractivity contribution in [2.24, 2.45) is 5.92 Å². The second-order valence-corrected chi connectivity index (χ2v) is 7.24. The van der Waals surface area contributed by atoms with Crippen LogP contribution in [0, 0.1) is 5.92 Å². The number of likely N-dealkylation sites (N-methyl/N-ethyl adjacent to an activating group) is 1. The van der Waals surface area contributed by atoms with Crippen LogP contribution >= 0.6 is 0 Å². The molecule has 1 atom stereocenters. The number of amides is 1. The average Bonchev–Trinajstić information content (AvgIpc) is 2.43. The molecule has 0 radical (unpaired) electrons. The van der Waals surface area contributed by atoms with Gasteiger partial charge in [0.2, 0.25) is 11.8 Å². The molecule has 4 nitrogen and oxygen atoms in total. The third-order valence-corrected chi connectivity index (χ3v) is 4.94. The lowest BCUT2D eigenvalue weighted by Crippen LogP contribution is -2.57. The zero-order chi connectivity index (χ0) is 16.3. The van der Waals surface area contributed by atoms with Gasteiger partial charge in [0, 0.05) is 44.6 Å². The highest BCUT2D eigenvalue weighted by molar-refractivity contribution is 5.78. The third kappa shape index (κ3) is 4.88. The largest absolute Gasteiger partial charge is 0.352 e. The molecular formula is C16H29F2N3O. The molecule has 0 bridgehead atoms. The quantitative estimate of drug-likeness (QED) is 0.861. The number of nitrogens with zero attached hydrogens (tertiary/aromatic N) is 2. The Balaban J connectivity index is 1.81. The monoisotopic (exact) mass is 317 g/mol. The molecule has 2 aliphatic rings. The summed E-state index contributed by atoms with van der Waals surface area (Å²) in [5.74, 6) is -2.07. The molecule has 22 heavy (non-hydrogen) atoms. The first kappa shape index (κ1) is 17.6. The maximum Gasteiger partial charge on any atom is 0.248 e. The highest BCUT2D eigenvalue weighted by atomic mass is 19.3. The molecule has 1 heterocycles. The highest BCUT2D eigenvalue weighted by Crippen LogP contribution is 2.32. The molecule has 0 spiro atoms. The third-order valence-electron chi connectivity index (χ3n) is 4.94. The van der Waals surface area contributed by atoms with E-state index in [0.717, 1.165) is 19.6 Å². The SMILES string of the molecule is CC(C)[C@H]1CN(C)CCN1CC(=O)NC1CCC(F)(F)CC1. The molecule has 0 aromatic rings. The molecule has 1 saturated carbocycles. The summed E-state index contributed by atoms with van der Waals surface area (Å²) in [6.45, 7) is 7.56. The van der Waals surface area contributed by atoms with E-state index in [-0.39, 0.29) is 24.8 Å². The van der Waals surface area contributed by atoms with Gasteiger partial charge in [0.25, 0.3) is 0 Å². The first-order chi connectivity index (χ1) is 10.3. The Morgan fingerprint density at radius 2 is 1.91 bits per heavy atom. The first-order valence-electron chi connectivity index (χ1n) is 8.36. The number of nitrogens with one attached hydrogen (secondary N) is 1. The van der Waals surface area contributed by atoms with Gasteiger partial charge in [0.15, 0.2) is 0 Å². The number of piperazine rings is 1. The van der Waals surface area contributed by atoms with Crippen molar-refractivity contribution in [2.45, 2.75) is 57.5 Å². The second-order valence-electron chi connectivity index (χ2n) is 7.24. The minimum Gasteiger partial charge on any atom is -0.352 e. The molecular weight excluding hydrogens is 288 g/mol. The van der Waals surface area contributed by atoms with Crippen LogP contribution in [0.1, 0.15) is 39.5 Å². The smallest absolute Gasteiger partial charge is 0.248 e. The van der Waals surface area contributed by atoms with Crippen molar-refractivity contribution >= 4 is 5.91 Å². The van der Waals surface area contributed by atoms with Crippen LogP contribution in [0.5, 0.6) is 0 Å². The maximum absolute atomic E-state index is 13.1. The van der Waals surface area contributed by atoms with Gasteiger partial charge in [-0.2, -0.15) is 0 Å². The fraction of sp³-hybridized carbons (Fsp3) is 0.938. The Labute approximate surface area is 132 Å². The zero-order valence-electron chi connectivity index (χ0n) is 13.9. The second kappa shape index (κ2) is 7.21. The summed E-state index contributed by atoms with van der Waals surface area (Å²) in [5.41, 5.74) is 0. The molecule has 1 aliphatic heterocycles. The summed E-state index contributed by atoms with van der Waals surface area (Å²) in [7, 11) is 2.11. The van der Waals surface area contributed by atoms with Crippen molar-refractivity contribution < 1.29 is 13.6 Å². The fourth-order valence-electron chi connectivity index (χ4n) is 3.46.